The molecule has 8 atom stereocenters. The first-order valence-corrected chi connectivity index (χ1v) is 16.5. The molecule has 2 fully saturated rings. The summed E-state index contributed by atoms with van der Waals surface area (Å²) < 4.78 is 12.9. The van der Waals surface area contributed by atoms with Gasteiger partial charge >= 0.3 is 5.97 Å². The Labute approximate surface area is 265 Å². The molecule has 0 radical (unpaired) electrons. The molecule has 0 unspecified atom stereocenters. The van der Waals surface area contributed by atoms with E-state index in [9.17, 15) is 24.3 Å². The van der Waals surface area contributed by atoms with Gasteiger partial charge < -0.3 is 29.7 Å². The van der Waals surface area contributed by atoms with Crippen molar-refractivity contribution in [1.29, 1.82) is 0 Å². The van der Waals surface area contributed by atoms with Gasteiger partial charge in [0.2, 0.25) is 17.7 Å². The molecule has 2 N–H and O–H groups in total. The van der Waals surface area contributed by atoms with Crippen molar-refractivity contribution in [3.8, 4) is 0 Å². The fourth-order valence-corrected chi connectivity index (χ4v) is 7.32. The molecule has 1 spiro atoms. The Morgan fingerprint density at radius 1 is 1.07 bits per heavy atom. The molecule has 0 aliphatic carbocycles. The van der Waals surface area contributed by atoms with Crippen LogP contribution in [-0.2, 0) is 28.7 Å². The van der Waals surface area contributed by atoms with E-state index in [0.717, 1.165) is 19.3 Å². The number of unbranched alkanes of at least 4 members (excludes halogenated alkanes) is 2. The molecule has 244 valence electrons. The molecule has 2 saturated heterocycles. The van der Waals surface area contributed by atoms with Gasteiger partial charge in [0.25, 0.3) is 0 Å². The lowest BCUT2D eigenvalue weighted by Gasteiger charge is -2.40. The van der Waals surface area contributed by atoms with Crippen LogP contribution in [-0.4, -0.2) is 88.6 Å². The standard InChI is InChI=1S/C35H47N3O7/c1-4-6-12-19-37-20-13-18-35-30(32(41)38(31(35)33(37)42)25(22-39)23(3)5-2)29-26(45-35)16-10-11-17-28(40)36-21-27(44-34(29)43)24-14-8-7-9-15-24/h7-10,13-16,18,23,25-27,29-31,39H,4-6,11-12,17,19-22H2,1-3H3,(H,36,40)/b16-10-/t23-,25-,26+,27-,29-,30-,31+,35-/m0/s1. The number of cyclic esters (lactones) is 1. The summed E-state index contributed by atoms with van der Waals surface area (Å²) in [5.41, 5.74) is -0.713. The summed E-state index contributed by atoms with van der Waals surface area (Å²) in [5, 5.41) is 13.5. The number of fused-ring (bicyclic) bond motifs is 2. The van der Waals surface area contributed by atoms with E-state index in [1.54, 1.807) is 17.1 Å². The van der Waals surface area contributed by atoms with Crippen LogP contribution in [0.5, 0.6) is 0 Å². The Balaban J connectivity index is 1.59. The van der Waals surface area contributed by atoms with E-state index >= 15 is 0 Å². The van der Waals surface area contributed by atoms with Crippen LogP contribution in [0.3, 0.4) is 0 Å². The smallest absolute Gasteiger partial charge is 0.313 e. The third kappa shape index (κ3) is 6.31. The predicted octanol–water partition coefficient (Wildman–Crippen LogP) is 3.31. The summed E-state index contributed by atoms with van der Waals surface area (Å²) in [6.45, 7) is 6.72. The highest BCUT2D eigenvalue weighted by Gasteiger charge is 2.72. The quantitative estimate of drug-likeness (QED) is 0.246. The van der Waals surface area contributed by atoms with Crippen molar-refractivity contribution in [2.45, 2.75) is 89.2 Å². The minimum Gasteiger partial charge on any atom is -0.455 e. The zero-order valence-electron chi connectivity index (χ0n) is 26.6. The molecule has 0 saturated carbocycles. The minimum atomic E-state index is -1.43. The Bertz CT molecular complexity index is 1300. The zero-order valence-corrected chi connectivity index (χ0v) is 26.6. The number of amides is 3. The number of esters is 1. The summed E-state index contributed by atoms with van der Waals surface area (Å²) in [4.78, 5) is 59.3. The lowest BCUT2D eigenvalue weighted by atomic mass is 9.77. The molecular formula is C35H47N3O7. The average molecular weight is 622 g/mol. The number of carbonyl (C=O) groups is 4. The van der Waals surface area contributed by atoms with Crippen molar-refractivity contribution >= 4 is 23.7 Å². The third-order valence-corrected chi connectivity index (χ3v) is 9.94. The van der Waals surface area contributed by atoms with Gasteiger partial charge in [-0.05, 0) is 24.3 Å². The second-order valence-corrected chi connectivity index (χ2v) is 12.7. The summed E-state index contributed by atoms with van der Waals surface area (Å²) in [7, 11) is 0. The number of hydrogen-bond donors (Lipinski definition) is 2. The van der Waals surface area contributed by atoms with E-state index in [1.165, 1.54) is 4.90 Å². The van der Waals surface area contributed by atoms with Gasteiger partial charge in [-0.3, -0.25) is 19.2 Å². The van der Waals surface area contributed by atoms with Gasteiger partial charge in [-0.25, -0.2) is 0 Å². The van der Waals surface area contributed by atoms with Gasteiger partial charge in [0.05, 0.1) is 31.2 Å². The largest absolute Gasteiger partial charge is 0.455 e. The molecule has 4 aliphatic rings. The maximum atomic E-state index is 14.7. The highest BCUT2D eigenvalue weighted by atomic mass is 16.6. The number of hydrogen-bond acceptors (Lipinski definition) is 7. The second kappa shape index (κ2) is 14.3. The SMILES string of the molecule is CCCCCN1CC=C[C@]23O[C@@H]4/C=C\CCC(=O)NC[C@@H](c5ccccc5)OC(=O)[C@@H]4[C@H]2C(=O)N([C@@H](CO)[C@@H](C)CC)[C@@H]3C1=O. The summed E-state index contributed by atoms with van der Waals surface area (Å²) in [5.74, 6) is -3.59. The van der Waals surface area contributed by atoms with Gasteiger partial charge in [-0.1, -0.05) is 94.7 Å². The van der Waals surface area contributed by atoms with Crippen LogP contribution in [0, 0.1) is 17.8 Å². The number of carbonyl (C=O) groups excluding carboxylic acids is 4. The molecule has 0 bridgehead atoms. The average Bonchev–Trinajstić information content (AvgIpc) is 3.43. The minimum absolute atomic E-state index is 0.0841. The van der Waals surface area contributed by atoms with Crippen molar-refractivity contribution in [3.05, 3.63) is 60.2 Å². The lowest BCUT2D eigenvalue weighted by molar-refractivity contribution is -0.161. The first-order chi connectivity index (χ1) is 21.8. The molecule has 0 aromatic heterocycles. The van der Waals surface area contributed by atoms with E-state index in [-0.39, 0.29) is 43.2 Å². The van der Waals surface area contributed by atoms with Crippen molar-refractivity contribution < 1.29 is 33.8 Å². The summed E-state index contributed by atoms with van der Waals surface area (Å²) >= 11 is 0. The Kier molecular flexibility index (Phi) is 10.4. The van der Waals surface area contributed by atoms with Crippen LogP contribution < -0.4 is 5.32 Å². The fraction of sp³-hybridized carbons (Fsp3) is 0.600. The monoisotopic (exact) mass is 621 g/mol. The van der Waals surface area contributed by atoms with E-state index in [2.05, 4.69) is 12.2 Å². The van der Waals surface area contributed by atoms with Gasteiger partial charge in [-0.15, -0.1) is 0 Å². The molecule has 5 rings (SSSR count). The van der Waals surface area contributed by atoms with E-state index in [0.29, 0.717) is 31.5 Å². The van der Waals surface area contributed by atoms with Gasteiger partial charge in [0.15, 0.2) is 0 Å². The molecule has 1 aromatic carbocycles. The molecule has 10 heteroatoms. The maximum absolute atomic E-state index is 14.7. The topological polar surface area (TPSA) is 125 Å². The number of aliphatic hydroxyl groups is 1. The van der Waals surface area contributed by atoms with Crippen molar-refractivity contribution in [2.24, 2.45) is 17.8 Å². The molecule has 45 heavy (non-hydrogen) atoms. The number of likely N-dealkylation sites (tertiary alicyclic amines) is 1. The lowest BCUT2D eigenvalue weighted by Crippen LogP contribution is -2.59. The third-order valence-electron chi connectivity index (χ3n) is 9.94. The second-order valence-electron chi connectivity index (χ2n) is 12.7. The summed E-state index contributed by atoms with van der Waals surface area (Å²) in [6.07, 6.45) is 9.75. The van der Waals surface area contributed by atoms with Crippen LogP contribution in [0.4, 0.5) is 0 Å². The Morgan fingerprint density at radius 3 is 2.56 bits per heavy atom. The van der Waals surface area contributed by atoms with Gasteiger partial charge in [0.1, 0.15) is 23.7 Å². The number of nitrogens with one attached hydrogen (secondary N) is 1. The molecule has 4 aliphatic heterocycles. The van der Waals surface area contributed by atoms with Crippen molar-refractivity contribution in [1.82, 2.24) is 15.1 Å². The molecule has 3 amide bonds. The van der Waals surface area contributed by atoms with E-state index in [1.807, 2.05) is 56.3 Å². The van der Waals surface area contributed by atoms with Crippen LogP contribution in [0.2, 0.25) is 0 Å². The fourth-order valence-electron chi connectivity index (χ4n) is 7.32. The number of aliphatic hydroxyl groups excluding tert-OH is 1. The maximum Gasteiger partial charge on any atom is 0.313 e. The van der Waals surface area contributed by atoms with Crippen LogP contribution in [0.25, 0.3) is 0 Å². The Morgan fingerprint density at radius 2 is 1.84 bits per heavy atom. The zero-order chi connectivity index (χ0) is 32.1. The molecular weight excluding hydrogens is 574 g/mol. The first kappa shape index (κ1) is 32.9. The number of ether oxygens (including phenoxy) is 2. The summed E-state index contributed by atoms with van der Waals surface area (Å²) in [6, 6.07) is 7.51. The molecule has 1 aromatic rings. The number of rotatable bonds is 9. The van der Waals surface area contributed by atoms with Crippen LogP contribution in [0.15, 0.2) is 54.6 Å². The van der Waals surface area contributed by atoms with Gasteiger partial charge in [0, 0.05) is 19.5 Å². The number of allylic oxidation sites excluding steroid dienone is 1. The van der Waals surface area contributed by atoms with Crippen molar-refractivity contribution in [3.63, 3.8) is 0 Å². The number of nitrogens with zero attached hydrogens (tertiary/aromatic N) is 2. The van der Waals surface area contributed by atoms with Crippen molar-refractivity contribution in [2.75, 3.05) is 26.2 Å². The van der Waals surface area contributed by atoms with Crippen LogP contribution >= 0.6 is 0 Å². The number of benzene rings is 1. The highest BCUT2D eigenvalue weighted by Crippen LogP contribution is 2.54. The highest BCUT2D eigenvalue weighted by molar-refractivity contribution is 5.99. The van der Waals surface area contributed by atoms with E-state index in [4.69, 9.17) is 9.47 Å². The Hall–Kier alpha value is -3.50. The van der Waals surface area contributed by atoms with Gasteiger partial charge in [-0.2, -0.15) is 0 Å². The normalized spacial score (nSPS) is 32.3. The first-order valence-electron chi connectivity index (χ1n) is 16.5. The van der Waals surface area contributed by atoms with E-state index < -0.39 is 47.7 Å². The van der Waals surface area contributed by atoms with Crippen LogP contribution in [0.1, 0.15) is 71.0 Å². The molecule has 4 heterocycles. The molecule has 10 nitrogen and oxygen atoms in total. The predicted molar refractivity (Wildman–Crippen MR) is 167 cm³/mol.